The van der Waals surface area contributed by atoms with Gasteiger partial charge in [-0.1, -0.05) is 12.1 Å². The van der Waals surface area contributed by atoms with Crippen LogP contribution in [0.25, 0.3) is 0 Å². The topological polar surface area (TPSA) is 60.5 Å². The van der Waals surface area contributed by atoms with E-state index < -0.39 is 0 Å². The first kappa shape index (κ1) is 19.2. The van der Waals surface area contributed by atoms with Gasteiger partial charge in [-0.05, 0) is 68.4 Å². The molecule has 5 heteroatoms. The second-order valence-corrected chi connectivity index (χ2v) is 6.91. The smallest absolute Gasteiger partial charge is 0.220 e. The first-order valence-corrected chi connectivity index (χ1v) is 9.85. The number of ether oxygens (including phenoxy) is 2. The van der Waals surface area contributed by atoms with E-state index in [4.69, 9.17) is 9.47 Å². The van der Waals surface area contributed by atoms with Crippen molar-refractivity contribution in [2.24, 2.45) is 0 Å². The first-order valence-electron chi connectivity index (χ1n) is 9.85. The summed E-state index contributed by atoms with van der Waals surface area (Å²) < 4.78 is 11.6. The fourth-order valence-electron chi connectivity index (χ4n) is 3.24. The largest absolute Gasteiger partial charge is 0.493 e. The SMILES string of the molecule is O=C(CCc1cccc(OC2CCCC2)c1)NCCCOc1ccncc1. The van der Waals surface area contributed by atoms with Crippen LogP contribution in [0, 0.1) is 0 Å². The molecule has 0 saturated heterocycles. The molecule has 1 N–H and O–H groups in total. The number of aromatic nitrogens is 1. The summed E-state index contributed by atoms with van der Waals surface area (Å²) in [6, 6.07) is 11.8. The normalized spacial score (nSPS) is 14.1. The molecule has 2 aromatic rings. The maximum atomic E-state index is 12.0. The molecule has 1 aliphatic carbocycles. The zero-order chi connectivity index (χ0) is 18.7. The minimum absolute atomic E-state index is 0.0704. The van der Waals surface area contributed by atoms with Gasteiger partial charge in [-0.25, -0.2) is 0 Å². The Bertz CT molecular complexity index is 700. The third-order valence-corrected chi connectivity index (χ3v) is 4.71. The van der Waals surface area contributed by atoms with E-state index in [0.717, 1.165) is 42.7 Å². The Labute approximate surface area is 161 Å². The van der Waals surface area contributed by atoms with Crippen LogP contribution in [0.4, 0.5) is 0 Å². The number of nitrogens with zero attached hydrogens (tertiary/aromatic N) is 1. The zero-order valence-electron chi connectivity index (χ0n) is 15.7. The summed E-state index contributed by atoms with van der Waals surface area (Å²) in [7, 11) is 0. The van der Waals surface area contributed by atoms with E-state index in [-0.39, 0.29) is 5.91 Å². The summed E-state index contributed by atoms with van der Waals surface area (Å²) in [6.45, 7) is 1.19. The molecule has 0 atom stereocenters. The second-order valence-electron chi connectivity index (χ2n) is 6.91. The van der Waals surface area contributed by atoms with Gasteiger partial charge in [-0.2, -0.15) is 0 Å². The third-order valence-electron chi connectivity index (χ3n) is 4.71. The van der Waals surface area contributed by atoms with E-state index in [9.17, 15) is 4.79 Å². The Hall–Kier alpha value is -2.56. The van der Waals surface area contributed by atoms with E-state index in [1.54, 1.807) is 12.4 Å². The van der Waals surface area contributed by atoms with Crippen molar-refractivity contribution < 1.29 is 14.3 Å². The number of carbonyl (C=O) groups is 1. The van der Waals surface area contributed by atoms with Gasteiger partial charge in [0.05, 0.1) is 12.7 Å². The van der Waals surface area contributed by atoms with Crippen molar-refractivity contribution in [2.45, 2.75) is 51.0 Å². The van der Waals surface area contributed by atoms with Crippen LogP contribution in [0.2, 0.25) is 0 Å². The molecular weight excluding hydrogens is 340 g/mol. The van der Waals surface area contributed by atoms with E-state index in [2.05, 4.69) is 22.4 Å². The standard InChI is InChI=1S/C22H28N2O3/c25-22(24-13-4-16-26-19-11-14-23-15-12-19)10-9-18-5-3-8-21(17-18)27-20-6-1-2-7-20/h3,5,8,11-12,14-15,17,20H,1-2,4,6-7,9-10,13,16H2,(H,24,25). The lowest BCUT2D eigenvalue weighted by molar-refractivity contribution is -0.121. The molecule has 0 radical (unpaired) electrons. The van der Waals surface area contributed by atoms with E-state index in [0.29, 0.717) is 25.7 Å². The molecule has 5 nitrogen and oxygen atoms in total. The second kappa shape index (κ2) is 10.6. The Morgan fingerprint density at radius 1 is 1.11 bits per heavy atom. The van der Waals surface area contributed by atoms with Crippen LogP contribution in [-0.2, 0) is 11.2 Å². The number of hydrogen-bond acceptors (Lipinski definition) is 4. The summed E-state index contributed by atoms with van der Waals surface area (Å²) in [5, 5.41) is 2.95. The molecule has 1 heterocycles. The van der Waals surface area contributed by atoms with Crippen molar-refractivity contribution in [1.82, 2.24) is 10.3 Å². The molecular formula is C22H28N2O3. The lowest BCUT2D eigenvalue weighted by atomic mass is 10.1. The van der Waals surface area contributed by atoms with Crippen LogP contribution in [-0.4, -0.2) is 30.1 Å². The van der Waals surface area contributed by atoms with Crippen LogP contribution < -0.4 is 14.8 Å². The van der Waals surface area contributed by atoms with E-state index in [1.807, 2.05) is 24.3 Å². The highest BCUT2D eigenvalue weighted by Crippen LogP contribution is 2.24. The third kappa shape index (κ3) is 6.93. The van der Waals surface area contributed by atoms with Crippen molar-refractivity contribution in [3.05, 3.63) is 54.4 Å². The fraction of sp³-hybridized carbons (Fsp3) is 0.455. The van der Waals surface area contributed by atoms with Gasteiger partial charge in [0.1, 0.15) is 11.5 Å². The Morgan fingerprint density at radius 3 is 2.74 bits per heavy atom. The summed E-state index contributed by atoms with van der Waals surface area (Å²) in [6.07, 6.45) is 10.6. The molecule has 1 saturated carbocycles. The predicted octanol–water partition coefficient (Wildman–Crippen LogP) is 3.92. The summed E-state index contributed by atoms with van der Waals surface area (Å²) in [4.78, 5) is 16.0. The van der Waals surface area contributed by atoms with Crippen LogP contribution >= 0.6 is 0 Å². The molecule has 0 spiro atoms. The summed E-state index contributed by atoms with van der Waals surface area (Å²) in [5.74, 6) is 1.80. The maximum Gasteiger partial charge on any atom is 0.220 e. The highest BCUT2D eigenvalue weighted by molar-refractivity contribution is 5.76. The highest BCUT2D eigenvalue weighted by atomic mass is 16.5. The Kier molecular flexibility index (Phi) is 7.51. The zero-order valence-corrected chi connectivity index (χ0v) is 15.7. The van der Waals surface area contributed by atoms with Crippen molar-refractivity contribution in [1.29, 1.82) is 0 Å². The number of amides is 1. The molecule has 1 aromatic heterocycles. The van der Waals surface area contributed by atoms with Gasteiger partial charge >= 0.3 is 0 Å². The molecule has 1 fully saturated rings. The monoisotopic (exact) mass is 368 g/mol. The molecule has 1 aromatic carbocycles. The van der Waals surface area contributed by atoms with Gasteiger partial charge in [-0.15, -0.1) is 0 Å². The molecule has 0 aliphatic heterocycles. The van der Waals surface area contributed by atoms with Crippen molar-refractivity contribution in [3.8, 4) is 11.5 Å². The number of benzene rings is 1. The maximum absolute atomic E-state index is 12.0. The molecule has 1 aliphatic rings. The van der Waals surface area contributed by atoms with Crippen molar-refractivity contribution in [3.63, 3.8) is 0 Å². The lowest BCUT2D eigenvalue weighted by Gasteiger charge is -2.13. The average molecular weight is 368 g/mol. The average Bonchev–Trinajstić information content (AvgIpc) is 3.20. The van der Waals surface area contributed by atoms with E-state index >= 15 is 0 Å². The number of hydrogen-bond donors (Lipinski definition) is 1. The lowest BCUT2D eigenvalue weighted by Crippen LogP contribution is -2.25. The number of pyridine rings is 1. The van der Waals surface area contributed by atoms with Crippen molar-refractivity contribution in [2.75, 3.05) is 13.2 Å². The number of nitrogens with one attached hydrogen (secondary N) is 1. The van der Waals surface area contributed by atoms with Gasteiger partial charge < -0.3 is 14.8 Å². The molecule has 27 heavy (non-hydrogen) atoms. The Morgan fingerprint density at radius 2 is 1.93 bits per heavy atom. The molecule has 0 bridgehead atoms. The van der Waals surface area contributed by atoms with Gasteiger partial charge in [0.25, 0.3) is 0 Å². The number of carbonyl (C=O) groups excluding carboxylic acids is 1. The van der Waals surface area contributed by atoms with Gasteiger partial charge in [-0.3, -0.25) is 9.78 Å². The predicted molar refractivity (Wildman–Crippen MR) is 105 cm³/mol. The van der Waals surface area contributed by atoms with Gasteiger partial charge in [0.15, 0.2) is 0 Å². The van der Waals surface area contributed by atoms with E-state index in [1.165, 1.54) is 12.8 Å². The minimum atomic E-state index is 0.0704. The Balaban J connectivity index is 1.30. The molecule has 144 valence electrons. The van der Waals surface area contributed by atoms with Gasteiger partial charge in [0.2, 0.25) is 5.91 Å². The van der Waals surface area contributed by atoms with Crippen LogP contribution in [0.1, 0.15) is 44.1 Å². The summed E-state index contributed by atoms with van der Waals surface area (Å²) >= 11 is 0. The van der Waals surface area contributed by atoms with Gasteiger partial charge in [0, 0.05) is 25.4 Å². The van der Waals surface area contributed by atoms with Crippen LogP contribution in [0.15, 0.2) is 48.8 Å². The summed E-state index contributed by atoms with van der Waals surface area (Å²) in [5.41, 5.74) is 1.14. The van der Waals surface area contributed by atoms with Crippen LogP contribution in [0.5, 0.6) is 11.5 Å². The number of aryl methyl sites for hydroxylation is 1. The quantitative estimate of drug-likeness (QED) is 0.646. The fourth-order valence-corrected chi connectivity index (χ4v) is 3.24. The van der Waals surface area contributed by atoms with Crippen molar-refractivity contribution >= 4 is 5.91 Å². The molecule has 0 unspecified atom stereocenters. The first-order chi connectivity index (χ1) is 13.3. The van der Waals surface area contributed by atoms with Crippen LogP contribution in [0.3, 0.4) is 0 Å². The highest BCUT2D eigenvalue weighted by Gasteiger charge is 2.16. The number of rotatable bonds is 10. The molecule has 1 amide bonds. The molecule has 3 rings (SSSR count). The minimum Gasteiger partial charge on any atom is -0.493 e.